The van der Waals surface area contributed by atoms with Gasteiger partial charge in [0, 0.05) is 31.5 Å². The van der Waals surface area contributed by atoms with E-state index in [1.165, 1.54) is 28.9 Å². The van der Waals surface area contributed by atoms with E-state index in [1.807, 2.05) is 0 Å². The summed E-state index contributed by atoms with van der Waals surface area (Å²) in [4.78, 5) is 27.8. The van der Waals surface area contributed by atoms with Gasteiger partial charge in [-0.3, -0.25) is 9.69 Å². The molecule has 0 unspecified atom stereocenters. The summed E-state index contributed by atoms with van der Waals surface area (Å²) >= 11 is 0. The van der Waals surface area contributed by atoms with Crippen molar-refractivity contribution < 1.29 is 27.5 Å². The zero-order chi connectivity index (χ0) is 21.5. The minimum Gasteiger partial charge on any atom is -0.441 e. The Bertz CT molecular complexity index is 1000. The number of aryl methyl sites for hydroxylation is 1. The van der Waals surface area contributed by atoms with E-state index in [1.54, 1.807) is 18.2 Å². The molecule has 2 fully saturated rings. The molecule has 0 aliphatic carbocycles. The lowest BCUT2D eigenvalue weighted by atomic mass is 9.90. The maximum atomic E-state index is 14.3. The van der Waals surface area contributed by atoms with E-state index in [0.717, 1.165) is 6.07 Å². The maximum Gasteiger partial charge on any atom is 0.410 e. The van der Waals surface area contributed by atoms with Gasteiger partial charge in [0.15, 0.2) is 0 Å². The smallest absolute Gasteiger partial charge is 0.410 e. The van der Waals surface area contributed by atoms with E-state index in [0.29, 0.717) is 18.4 Å². The summed E-state index contributed by atoms with van der Waals surface area (Å²) < 4.78 is 47.9. The van der Waals surface area contributed by atoms with Crippen LogP contribution in [0.5, 0.6) is 0 Å². The van der Waals surface area contributed by atoms with Crippen molar-refractivity contribution in [3.63, 3.8) is 0 Å². The van der Waals surface area contributed by atoms with Crippen molar-refractivity contribution in [1.29, 1.82) is 0 Å². The van der Waals surface area contributed by atoms with E-state index in [4.69, 9.17) is 4.74 Å². The van der Waals surface area contributed by atoms with Crippen molar-refractivity contribution in [2.24, 2.45) is 0 Å². The van der Waals surface area contributed by atoms with Gasteiger partial charge < -0.3 is 9.64 Å². The molecule has 0 atom stereocenters. The van der Waals surface area contributed by atoms with Crippen molar-refractivity contribution in [2.45, 2.75) is 31.9 Å². The highest BCUT2D eigenvalue weighted by Gasteiger charge is 2.47. The van der Waals surface area contributed by atoms with Crippen LogP contribution in [-0.2, 0) is 11.3 Å². The van der Waals surface area contributed by atoms with Crippen molar-refractivity contribution in [2.75, 3.05) is 19.6 Å². The molecule has 30 heavy (non-hydrogen) atoms. The van der Waals surface area contributed by atoms with E-state index in [2.05, 4.69) is 0 Å². The first-order chi connectivity index (χ1) is 14.3. The van der Waals surface area contributed by atoms with Crippen LogP contribution in [0.3, 0.4) is 0 Å². The van der Waals surface area contributed by atoms with Gasteiger partial charge in [0.05, 0.1) is 13.1 Å². The largest absolute Gasteiger partial charge is 0.441 e. The van der Waals surface area contributed by atoms with Gasteiger partial charge in [0.25, 0.3) is 5.91 Å². The monoisotopic (exact) mass is 418 g/mol. The Labute approximate surface area is 172 Å². The first-order valence-electron chi connectivity index (χ1n) is 9.75. The number of halogens is 3. The zero-order valence-electron chi connectivity index (χ0n) is 16.5. The quantitative estimate of drug-likeness (QED) is 0.756. The average Bonchev–Trinajstić information content (AvgIpc) is 3.02. The molecule has 0 bridgehead atoms. The molecule has 1 spiro atoms. The summed E-state index contributed by atoms with van der Waals surface area (Å²) in [7, 11) is 0. The Kier molecular flexibility index (Phi) is 5.17. The van der Waals surface area contributed by atoms with Crippen LogP contribution in [0.25, 0.3) is 0 Å². The molecule has 2 aliphatic heterocycles. The lowest BCUT2D eigenvalue weighted by molar-refractivity contribution is 0.00289. The van der Waals surface area contributed by atoms with E-state index < -0.39 is 40.6 Å². The molecule has 2 aromatic rings. The molecule has 0 radical (unpaired) electrons. The van der Waals surface area contributed by atoms with Crippen LogP contribution in [0.2, 0.25) is 0 Å². The van der Waals surface area contributed by atoms with Crippen LogP contribution >= 0.6 is 0 Å². The number of piperidine rings is 1. The molecule has 2 heterocycles. The van der Waals surface area contributed by atoms with Crippen LogP contribution in [0, 0.1) is 24.4 Å². The number of rotatable bonds is 3. The second-order valence-electron chi connectivity index (χ2n) is 7.84. The van der Waals surface area contributed by atoms with E-state index >= 15 is 0 Å². The van der Waals surface area contributed by atoms with Crippen LogP contribution in [0.1, 0.15) is 34.3 Å². The topological polar surface area (TPSA) is 49.9 Å². The third-order valence-corrected chi connectivity index (χ3v) is 5.82. The SMILES string of the molecule is Cc1ccc(F)c(C(=O)N2CCC3(CC2)CN(Cc2ccccc2F)C(=O)O3)c1F. The minimum atomic E-state index is -0.897. The summed E-state index contributed by atoms with van der Waals surface area (Å²) in [6, 6.07) is 8.59. The molecule has 8 heteroatoms. The van der Waals surface area contributed by atoms with Gasteiger partial charge in [-0.15, -0.1) is 0 Å². The molecule has 4 rings (SSSR count). The van der Waals surface area contributed by atoms with Crippen molar-refractivity contribution in [3.8, 4) is 0 Å². The molecular weight excluding hydrogens is 397 g/mol. The molecule has 0 saturated carbocycles. The Balaban J connectivity index is 1.43. The summed E-state index contributed by atoms with van der Waals surface area (Å²) in [6.07, 6.45) is 0.148. The number of carbonyl (C=O) groups excluding carboxylic acids is 2. The first kappa shape index (κ1) is 20.3. The molecule has 2 saturated heterocycles. The predicted octanol–water partition coefficient (Wildman–Crippen LogP) is 4.04. The maximum absolute atomic E-state index is 14.3. The molecule has 0 aromatic heterocycles. The number of nitrogens with zero attached hydrogens (tertiary/aromatic N) is 2. The third-order valence-electron chi connectivity index (χ3n) is 5.82. The highest BCUT2D eigenvalue weighted by molar-refractivity contribution is 5.95. The molecule has 2 amide bonds. The van der Waals surface area contributed by atoms with Crippen LogP contribution in [0.15, 0.2) is 36.4 Å². The molecule has 2 aromatic carbocycles. The first-order valence-corrected chi connectivity index (χ1v) is 9.75. The number of hydrogen-bond acceptors (Lipinski definition) is 3. The third kappa shape index (κ3) is 3.62. The van der Waals surface area contributed by atoms with E-state index in [-0.39, 0.29) is 31.7 Å². The average molecular weight is 418 g/mol. The van der Waals surface area contributed by atoms with Crippen molar-refractivity contribution >= 4 is 12.0 Å². The Hall–Kier alpha value is -3.03. The molecular formula is C22H21F3N2O3. The summed E-state index contributed by atoms with van der Waals surface area (Å²) in [6.45, 7) is 2.24. The fourth-order valence-electron chi connectivity index (χ4n) is 4.04. The fraction of sp³-hybridized carbons (Fsp3) is 0.364. The number of hydrogen-bond donors (Lipinski definition) is 0. The summed E-state index contributed by atoms with van der Waals surface area (Å²) in [5.74, 6) is -2.86. The van der Waals surface area contributed by atoms with Gasteiger partial charge in [-0.05, 0) is 24.6 Å². The lowest BCUT2D eigenvalue weighted by Crippen LogP contribution is -2.49. The number of likely N-dealkylation sites (tertiary alicyclic amines) is 1. The Morgan fingerprint density at radius 2 is 1.77 bits per heavy atom. The van der Waals surface area contributed by atoms with Gasteiger partial charge in [0.1, 0.15) is 28.6 Å². The van der Waals surface area contributed by atoms with Crippen LogP contribution in [-0.4, -0.2) is 47.0 Å². The lowest BCUT2D eigenvalue weighted by Gasteiger charge is -2.37. The fourth-order valence-corrected chi connectivity index (χ4v) is 4.04. The molecule has 0 N–H and O–H groups in total. The standard InChI is InChI=1S/C22H21F3N2O3/c1-14-6-7-17(24)18(19(14)25)20(28)26-10-8-22(9-11-26)13-27(21(29)30-22)12-15-4-2-3-5-16(15)23/h2-7H,8-13H2,1H3. The Morgan fingerprint density at radius 1 is 1.07 bits per heavy atom. The number of benzene rings is 2. The molecule has 158 valence electrons. The zero-order valence-corrected chi connectivity index (χ0v) is 16.5. The normalized spacial score (nSPS) is 18.1. The van der Waals surface area contributed by atoms with Gasteiger partial charge in [-0.1, -0.05) is 24.3 Å². The van der Waals surface area contributed by atoms with Gasteiger partial charge in [0.2, 0.25) is 0 Å². The second kappa shape index (κ2) is 7.66. The van der Waals surface area contributed by atoms with Gasteiger partial charge in [-0.2, -0.15) is 0 Å². The number of amides is 2. The van der Waals surface area contributed by atoms with Gasteiger partial charge >= 0.3 is 6.09 Å². The highest BCUT2D eigenvalue weighted by Crippen LogP contribution is 2.35. The van der Waals surface area contributed by atoms with Crippen LogP contribution in [0.4, 0.5) is 18.0 Å². The highest BCUT2D eigenvalue weighted by atomic mass is 19.1. The Morgan fingerprint density at radius 3 is 2.47 bits per heavy atom. The summed E-state index contributed by atoms with van der Waals surface area (Å²) in [5, 5.41) is 0. The second-order valence-corrected chi connectivity index (χ2v) is 7.84. The number of carbonyl (C=O) groups is 2. The van der Waals surface area contributed by atoms with Crippen LogP contribution < -0.4 is 0 Å². The minimum absolute atomic E-state index is 0.0929. The predicted molar refractivity (Wildman–Crippen MR) is 102 cm³/mol. The number of ether oxygens (including phenoxy) is 1. The van der Waals surface area contributed by atoms with Gasteiger partial charge in [-0.25, -0.2) is 18.0 Å². The molecule has 5 nitrogen and oxygen atoms in total. The molecule has 2 aliphatic rings. The summed E-state index contributed by atoms with van der Waals surface area (Å²) in [5.41, 5.74) is -0.759. The van der Waals surface area contributed by atoms with Crippen molar-refractivity contribution in [1.82, 2.24) is 9.80 Å². The van der Waals surface area contributed by atoms with Crippen molar-refractivity contribution in [3.05, 3.63) is 70.5 Å². The van der Waals surface area contributed by atoms with E-state index in [9.17, 15) is 22.8 Å².